The van der Waals surface area contributed by atoms with E-state index in [1.165, 1.54) is 19.4 Å². The van der Waals surface area contributed by atoms with Gasteiger partial charge in [0, 0.05) is 12.6 Å². The lowest BCUT2D eigenvalue weighted by Gasteiger charge is -2.23. The summed E-state index contributed by atoms with van der Waals surface area (Å²) < 4.78 is 11.5. The van der Waals surface area contributed by atoms with E-state index in [0.717, 1.165) is 23.1 Å². The molecule has 0 aromatic heterocycles. The van der Waals surface area contributed by atoms with Crippen molar-refractivity contribution in [1.29, 1.82) is 0 Å². The molecule has 1 saturated heterocycles. The molecule has 1 aromatic carbocycles. The minimum Gasteiger partial charge on any atom is -0.493 e. The number of benzene rings is 1. The zero-order chi connectivity index (χ0) is 17.5. The van der Waals surface area contributed by atoms with Gasteiger partial charge < -0.3 is 20.5 Å². The number of ether oxygens (including phenoxy) is 2. The average Bonchev–Trinajstić information content (AvgIpc) is 3.05. The molecule has 3 N–H and O–H groups in total. The Morgan fingerprint density at radius 2 is 2.16 bits per heavy atom. The van der Waals surface area contributed by atoms with Crippen molar-refractivity contribution in [2.45, 2.75) is 32.4 Å². The van der Waals surface area contributed by atoms with E-state index in [2.05, 4.69) is 38.1 Å². The first-order valence-electron chi connectivity index (χ1n) is 8.27. The Morgan fingerprint density at radius 3 is 2.80 bits per heavy atom. The molecule has 25 heavy (non-hydrogen) atoms. The van der Waals surface area contributed by atoms with Gasteiger partial charge in [0.25, 0.3) is 0 Å². The molecular weight excluding hydrogens is 499 g/mol. The number of guanidine groups is 1. The molecule has 0 saturated carbocycles. The first-order chi connectivity index (χ1) is 11.6. The van der Waals surface area contributed by atoms with E-state index in [4.69, 9.17) is 15.2 Å². The molecule has 1 heterocycles. The average molecular weight is 527 g/mol. The van der Waals surface area contributed by atoms with Crippen LogP contribution in [0.15, 0.2) is 21.6 Å². The van der Waals surface area contributed by atoms with Crippen LogP contribution in [0.3, 0.4) is 0 Å². The SMILES string of the molecule is CCN1CCCC1CNC(N)=NCc1cc(Br)c(OC)c(OC)c1.I. The largest absolute Gasteiger partial charge is 0.493 e. The zero-order valence-electron chi connectivity index (χ0n) is 15.0. The summed E-state index contributed by atoms with van der Waals surface area (Å²) in [6, 6.07) is 4.43. The fraction of sp³-hybridized carbons (Fsp3) is 0.588. The highest BCUT2D eigenvalue weighted by atomic mass is 127. The van der Waals surface area contributed by atoms with Gasteiger partial charge in [0.15, 0.2) is 17.5 Å². The lowest BCUT2D eigenvalue weighted by atomic mass is 10.2. The van der Waals surface area contributed by atoms with Crippen LogP contribution < -0.4 is 20.5 Å². The van der Waals surface area contributed by atoms with Crippen LogP contribution in [0.2, 0.25) is 0 Å². The number of halogens is 2. The van der Waals surface area contributed by atoms with Gasteiger partial charge in [0.1, 0.15) is 0 Å². The Bertz CT molecular complexity index is 586. The topological polar surface area (TPSA) is 72.1 Å². The maximum Gasteiger partial charge on any atom is 0.188 e. The first kappa shape index (κ1) is 22.3. The van der Waals surface area contributed by atoms with Crippen LogP contribution in [0.5, 0.6) is 11.5 Å². The van der Waals surface area contributed by atoms with Crippen molar-refractivity contribution in [2.75, 3.05) is 33.9 Å². The number of nitrogens with one attached hydrogen (secondary N) is 1. The van der Waals surface area contributed by atoms with Crippen LogP contribution in [-0.2, 0) is 6.54 Å². The molecule has 0 spiro atoms. The predicted octanol–water partition coefficient (Wildman–Crippen LogP) is 2.97. The van der Waals surface area contributed by atoms with Crippen molar-refractivity contribution in [3.63, 3.8) is 0 Å². The van der Waals surface area contributed by atoms with Crippen molar-refractivity contribution in [3.8, 4) is 11.5 Å². The summed E-state index contributed by atoms with van der Waals surface area (Å²) in [5.74, 6) is 1.83. The summed E-state index contributed by atoms with van der Waals surface area (Å²) in [7, 11) is 3.24. The third kappa shape index (κ3) is 6.18. The highest BCUT2D eigenvalue weighted by Gasteiger charge is 2.22. The number of nitrogens with two attached hydrogens (primary N) is 1. The van der Waals surface area contributed by atoms with E-state index in [1.54, 1.807) is 14.2 Å². The maximum atomic E-state index is 6.00. The van der Waals surface area contributed by atoms with Gasteiger partial charge in [-0.3, -0.25) is 4.90 Å². The van der Waals surface area contributed by atoms with Crippen molar-refractivity contribution in [2.24, 2.45) is 10.7 Å². The van der Waals surface area contributed by atoms with E-state index < -0.39 is 0 Å². The van der Waals surface area contributed by atoms with Crippen LogP contribution in [0.1, 0.15) is 25.3 Å². The lowest BCUT2D eigenvalue weighted by Crippen LogP contribution is -2.42. The number of methoxy groups -OCH3 is 2. The van der Waals surface area contributed by atoms with Gasteiger partial charge in [-0.25, -0.2) is 4.99 Å². The zero-order valence-corrected chi connectivity index (χ0v) is 19.0. The van der Waals surface area contributed by atoms with Crippen LogP contribution in [-0.4, -0.2) is 50.8 Å². The standard InChI is InChI=1S/C17H27BrN4O2.HI/c1-4-22-7-5-6-13(22)11-21-17(19)20-10-12-8-14(18)16(24-3)15(9-12)23-2;/h8-9,13H,4-7,10-11H2,1-3H3,(H3,19,20,21);1H. The maximum absolute atomic E-state index is 6.00. The summed E-state index contributed by atoms with van der Waals surface area (Å²) in [6.45, 7) is 5.80. The second-order valence-electron chi connectivity index (χ2n) is 5.82. The third-order valence-corrected chi connectivity index (χ3v) is 4.94. The summed E-state index contributed by atoms with van der Waals surface area (Å²) >= 11 is 3.49. The monoisotopic (exact) mass is 526 g/mol. The predicted molar refractivity (Wildman–Crippen MR) is 116 cm³/mol. The molecule has 0 radical (unpaired) electrons. The minimum absolute atomic E-state index is 0. The molecule has 1 fully saturated rings. The van der Waals surface area contributed by atoms with Crippen molar-refractivity contribution in [1.82, 2.24) is 10.2 Å². The van der Waals surface area contributed by atoms with E-state index in [0.29, 0.717) is 30.0 Å². The number of likely N-dealkylation sites (tertiary alicyclic amines) is 1. The smallest absolute Gasteiger partial charge is 0.188 e. The number of hydrogen-bond donors (Lipinski definition) is 2. The molecule has 1 aromatic rings. The molecule has 1 aliphatic heterocycles. The first-order valence-corrected chi connectivity index (χ1v) is 9.06. The van der Waals surface area contributed by atoms with Gasteiger partial charge in [-0.2, -0.15) is 0 Å². The quantitative estimate of drug-likeness (QED) is 0.324. The van der Waals surface area contributed by atoms with Crippen LogP contribution in [0.25, 0.3) is 0 Å². The van der Waals surface area contributed by atoms with Gasteiger partial charge in [0.2, 0.25) is 0 Å². The Hall–Kier alpha value is -0.740. The third-order valence-electron chi connectivity index (χ3n) is 4.35. The fourth-order valence-electron chi connectivity index (χ4n) is 3.06. The van der Waals surface area contributed by atoms with E-state index >= 15 is 0 Å². The Balaban J connectivity index is 0.00000312. The Labute approximate surface area is 175 Å². The number of hydrogen-bond acceptors (Lipinski definition) is 4. The van der Waals surface area contributed by atoms with E-state index in [-0.39, 0.29) is 24.0 Å². The molecule has 6 nitrogen and oxygen atoms in total. The number of nitrogens with zero attached hydrogens (tertiary/aromatic N) is 2. The molecule has 1 unspecified atom stereocenters. The highest BCUT2D eigenvalue weighted by Crippen LogP contribution is 2.36. The number of likely N-dealkylation sites (N-methyl/N-ethyl adjacent to an activating group) is 1. The molecule has 1 aliphatic rings. The Kier molecular flexibility index (Phi) is 9.88. The molecule has 1 atom stereocenters. The minimum atomic E-state index is 0. The van der Waals surface area contributed by atoms with Crippen LogP contribution in [0, 0.1) is 0 Å². The van der Waals surface area contributed by atoms with E-state index in [9.17, 15) is 0 Å². The van der Waals surface area contributed by atoms with Gasteiger partial charge in [-0.1, -0.05) is 6.92 Å². The molecule has 142 valence electrons. The summed E-state index contributed by atoms with van der Waals surface area (Å²) in [5.41, 5.74) is 7.00. The van der Waals surface area contributed by atoms with Gasteiger partial charge in [0.05, 0.1) is 25.2 Å². The van der Waals surface area contributed by atoms with Crippen molar-refractivity contribution >= 4 is 45.9 Å². The van der Waals surface area contributed by atoms with Gasteiger partial charge >= 0.3 is 0 Å². The summed E-state index contributed by atoms with van der Waals surface area (Å²) in [4.78, 5) is 6.90. The Morgan fingerprint density at radius 1 is 1.40 bits per heavy atom. The molecule has 0 bridgehead atoms. The van der Waals surface area contributed by atoms with Crippen LogP contribution >= 0.6 is 39.9 Å². The normalized spacial score (nSPS) is 17.9. The van der Waals surface area contributed by atoms with Crippen molar-refractivity contribution in [3.05, 3.63) is 22.2 Å². The molecule has 0 aliphatic carbocycles. The molecular formula is C17H28BrIN4O2. The number of aliphatic imine (C=N–C) groups is 1. The molecule has 0 amide bonds. The summed E-state index contributed by atoms with van der Waals surface area (Å²) in [5, 5.41) is 3.24. The van der Waals surface area contributed by atoms with E-state index in [1.807, 2.05) is 12.1 Å². The lowest BCUT2D eigenvalue weighted by molar-refractivity contribution is 0.267. The number of rotatable bonds is 7. The van der Waals surface area contributed by atoms with Gasteiger partial charge in [-0.15, -0.1) is 24.0 Å². The highest BCUT2D eigenvalue weighted by molar-refractivity contribution is 14.0. The molecule has 8 heteroatoms. The summed E-state index contributed by atoms with van der Waals surface area (Å²) in [6.07, 6.45) is 2.48. The van der Waals surface area contributed by atoms with Gasteiger partial charge in [-0.05, 0) is 59.6 Å². The fourth-order valence-corrected chi connectivity index (χ4v) is 3.71. The molecule has 2 rings (SSSR count). The van der Waals surface area contributed by atoms with Crippen molar-refractivity contribution < 1.29 is 9.47 Å². The van der Waals surface area contributed by atoms with Crippen LogP contribution in [0.4, 0.5) is 0 Å². The second-order valence-corrected chi connectivity index (χ2v) is 6.67. The second kappa shape index (κ2) is 11.1.